The lowest BCUT2D eigenvalue weighted by atomic mass is 10.2. The Morgan fingerprint density at radius 3 is 2.25 bits per heavy atom. The molecule has 28 heavy (non-hydrogen) atoms. The number of pyridine rings is 1. The first-order chi connectivity index (χ1) is 13.4. The first-order valence-corrected chi connectivity index (χ1v) is 10.2. The van der Waals surface area contributed by atoms with Gasteiger partial charge in [-0.15, -0.1) is 0 Å². The van der Waals surface area contributed by atoms with E-state index in [1.54, 1.807) is 0 Å². The fourth-order valence-electron chi connectivity index (χ4n) is 3.28. The average molecular weight is 398 g/mol. The minimum absolute atomic E-state index is 0.0652. The Balaban J connectivity index is 1.48. The van der Waals surface area contributed by atoms with E-state index in [4.69, 9.17) is 0 Å². The van der Waals surface area contributed by atoms with Crippen molar-refractivity contribution in [2.45, 2.75) is 4.90 Å². The number of anilines is 1. The van der Waals surface area contributed by atoms with Crippen LogP contribution in [0.2, 0.25) is 0 Å². The topological polar surface area (TPSA) is 96.6 Å². The van der Waals surface area contributed by atoms with Crippen LogP contribution in [0, 0.1) is 10.1 Å². The van der Waals surface area contributed by atoms with Crippen LogP contribution in [0.25, 0.3) is 10.9 Å². The second-order valence-corrected chi connectivity index (χ2v) is 8.44. The second-order valence-electron chi connectivity index (χ2n) is 6.50. The number of hydrogen-bond acceptors (Lipinski definition) is 6. The first-order valence-electron chi connectivity index (χ1n) is 8.80. The molecule has 1 aromatic heterocycles. The first kappa shape index (κ1) is 18.3. The maximum atomic E-state index is 12.8. The summed E-state index contributed by atoms with van der Waals surface area (Å²) in [5.74, 6) is 0.825. The smallest absolute Gasteiger partial charge is 0.269 e. The predicted octanol–water partition coefficient (Wildman–Crippen LogP) is 2.65. The van der Waals surface area contributed by atoms with Crippen molar-refractivity contribution in [2.24, 2.45) is 0 Å². The summed E-state index contributed by atoms with van der Waals surface area (Å²) in [6.07, 6.45) is 0. The van der Waals surface area contributed by atoms with Gasteiger partial charge in [-0.3, -0.25) is 10.1 Å². The van der Waals surface area contributed by atoms with E-state index in [0.717, 1.165) is 16.7 Å². The van der Waals surface area contributed by atoms with Crippen LogP contribution in [0.5, 0.6) is 0 Å². The van der Waals surface area contributed by atoms with Crippen molar-refractivity contribution < 1.29 is 13.3 Å². The fraction of sp³-hybridized carbons (Fsp3) is 0.211. The summed E-state index contributed by atoms with van der Waals surface area (Å²) in [5, 5.41) is 11.8. The Morgan fingerprint density at radius 1 is 0.893 bits per heavy atom. The molecular formula is C19H18N4O4S. The van der Waals surface area contributed by atoms with Gasteiger partial charge in [-0.25, -0.2) is 13.4 Å². The normalized spacial score (nSPS) is 15.6. The minimum atomic E-state index is -3.68. The molecule has 0 aliphatic carbocycles. The molecule has 2 aromatic carbocycles. The average Bonchev–Trinajstić information content (AvgIpc) is 2.73. The monoisotopic (exact) mass is 398 g/mol. The summed E-state index contributed by atoms with van der Waals surface area (Å²) in [6.45, 7) is 1.71. The molecule has 0 radical (unpaired) electrons. The number of fused-ring (bicyclic) bond motifs is 1. The van der Waals surface area contributed by atoms with Crippen molar-refractivity contribution in [2.75, 3.05) is 31.1 Å². The summed E-state index contributed by atoms with van der Waals surface area (Å²) in [7, 11) is -3.68. The van der Waals surface area contributed by atoms with Crippen molar-refractivity contribution in [1.82, 2.24) is 9.29 Å². The van der Waals surface area contributed by atoms with Crippen molar-refractivity contribution >= 4 is 32.4 Å². The van der Waals surface area contributed by atoms with Gasteiger partial charge in [0.25, 0.3) is 5.69 Å². The van der Waals surface area contributed by atoms with E-state index >= 15 is 0 Å². The molecule has 0 atom stereocenters. The maximum absolute atomic E-state index is 12.8. The van der Waals surface area contributed by atoms with Gasteiger partial charge in [0.15, 0.2) is 0 Å². The number of nitro groups is 1. The Kier molecular flexibility index (Phi) is 4.70. The van der Waals surface area contributed by atoms with Crippen LogP contribution in [-0.4, -0.2) is 48.8 Å². The maximum Gasteiger partial charge on any atom is 0.269 e. The number of benzene rings is 2. The number of para-hydroxylation sites is 1. The number of rotatable bonds is 4. The number of non-ortho nitro benzene ring substituents is 1. The lowest BCUT2D eigenvalue weighted by Crippen LogP contribution is -2.48. The Morgan fingerprint density at radius 2 is 1.57 bits per heavy atom. The van der Waals surface area contributed by atoms with Crippen LogP contribution in [0.15, 0.2) is 65.6 Å². The molecule has 0 unspecified atom stereocenters. The van der Waals surface area contributed by atoms with Crippen molar-refractivity contribution in [1.29, 1.82) is 0 Å². The van der Waals surface area contributed by atoms with E-state index in [1.807, 2.05) is 36.4 Å². The third-order valence-corrected chi connectivity index (χ3v) is 6.74. The molecule has 3 aromatic rings. The molecule has 0 bridgehead atoms. The molecule has 144 valence electrons. The van der Waals surface area contributed by atoms with Gasteiger partial charge in [0.1, 0.15) is 5.82 Å². The zero-order chi connectivity index (χ0) is 19.7. The molecular weight excluding hydrogens is 380 g/mol. The van der Waals surface area contributed by atoms with Gasteiger partial charge < -0.3 is 4.90 Å². The number of aromatic nitrogens is 1. The van der Waals surface area contributed by atoms with Gasteiger partial charge in [-0.05, 0) is 30.3 Å². The minimum Gasteiger partial charge on any atom is -0.354 e. The van der Waals surface area contributed by atoms with Gasteiger partial charge in [-0.2, -0.15) is 4.31 Å². The zero-order valence-electron chi connectivity index (χ0n) is 14.9. The molecule has 1 fully saturated rings. The number of sulfonamides is 1. The zero-order valence-corrected chi connectivity index (χ0v) is 15.7. The molecule has 0 saturated carbocycles. The Hall–Kier alpha value is -3.04. The summed E-state index contributed by atoms with van der Waals surface area (Å²) >= 11 is 0. The Labute approximate surface area is 162 Å². The van der Waals surface area contributed by atoms with E-state index in [1.165, 1.54) is 28.6 Å². The van der Waals surface area contributed by atoms with Crippen LogP contribution >= 0.6 is 0 Å². The highest BCUT2D eigenvalue weighted by molar-refractivity contribution is 7.89. The number of hydrogen-bond donors (Lipinski definition) is 0. The van der Waals surface area contributed by atoms with Crippen molar-refractivity contribution in [3.05, 3.63) is 70.8 Å². The number of piperazine rings is 1. The SMILES string of the molecule is O=[N+]([O-])c1ccc(S(=O)(=O)N2CCN(c3ccc4ccccc4n3)CC2)cc1. The largest absolute Gasteiger partial charge is 0.354 e. The van der Waals surface area contributed by atoms with Crippen LogP contribution in [0.3, 0.4) is 0 Å². The van der Waals surface area contributed by atoms with Gasteiger partial charge in [0, 0.05) is 43.7 Å². The molecule has 8 nitrogen and oxygen atoms in total. The lowest BCUT2D eigenvalue weighted by molar-refractivity contribution is -0.384. The number of nitro benzene ring substituents is 1. The molecule has 4 rings (SSSR count). The standard InChI is InChI=1S/C19H18N4O4S/c24-23(25)16-6-8-17(9-7-16)28(26,27)22-13-11-21(12-14-22)19-10-5-15-3-1-2-4-18(15)20-19/h1-10H,11-14H2. The van der Waals surface area contributed by atoms with Gasteiger partial charge in [0.05, 0.1) is 15.3 Å². The molecule has 2 heterocycles. The van der Waals surface area contributed by atoms with Gasteiger partial charge >= 0.3 is 0 Å². The molecule has 0 spiro atoms. The summed E-state index contributed by atoms with van der Waals surface area (Å²) < 4.78 is 27.0. The number of nitrogens with zero attached hydrogens (tertiary/aromatic N) is 4. The van der Waals surface area contributed by atoms with Crippen LogP contribution < -0.4 is 4.90 Å². The Bertz CT molecular complexity index is 1120. The molecule has 9 heteroatoms. The molecule has 1 aliphatic rings. The van der Waals surface area contributed by atoms with E-state index in [-0.39, 0.29) is 10.6 Å². The molecule has 1 aliphatic heterocycles. The predicted molar refractivity (Wildman–Crippen MR) is 106 cm³/mol. The summed E-state index contributed by atoms with van der Waals surface area (Å²) in [6, 6.07) is 16.8. The van der Waals surface area contributed by atoms with Crippen LogP contribution in [0.1, 0.15) is 0 Å². The molecule has 0 N–H and O–H groups in total. The van der Waals surface area contributed by atoms with E-state index in [0.29, 0.717) is 26.2 Å². The van der Waals surface area contributed by atoms with E-state index < -0.39 is 14.9 Å². The molecule has 0 amide bonds. The van der Waals surface area contributed by atoms with Crippen LogP contribution in [-0.2, 0) is 10.0 Å². The fourth-order valence-corrected chi connectivity index (χ4v) is 4.70. The lowest BCUT2D eigenvalue weighted by Gasteiger charge is -2.34. The third-order valence-electron chi connectivity index (χ3n) is 4.83. The molecule has 1 saturated heterocycles. The summed E-state index contributed by atoms with van der Waals surface area (Å²) in [4.78, 5) is 17.0. The highest BCUT2D eigenvalue weighted by atomic mass is 32.2. The summed E-state index contributed by atoms with van der Waals surface area (Å²) in [5.41, 5.74) is 0.770. The van der Waals surface area contributed by atoms with Crippen molar-refractivity contribution in [3.63, 3.8) is 0 Å². The highest BCUT2D eigenvalue weighted by Crippen LogP contribution is 2.23. The van der Waals surface area contributed by atoms with E-state index in [9.17, 15) is 18.5 Å². The third kappa shape index (κ3) is 3.41. The van der Waals surface area contributed by atoms with Gasteiger partial charge in [0.2, 0.25) is 10.0 Å². The second kappa shape index (κ2) is 7.17. The van der Waals surface area contributed by atoms with Crippen LogP contribution in [0.4, 0.5) is 11.5 Å². The quantitative estimate of drug-likeness (QED) is 0.495. The highest BCUT2D eigenvalue weighted by Gasteiger charge is 2.29. The van der Waals surface area contributed by atoms with E-state index in [2.05, 4.69) is 9.88 Å². The van der Waals surface area contributed by atoms with Gasteiger partial charge in [-0.1, -0.05) is 18.2 Å². The van der Waals surface area contributed by atoms with Crippen molar-refractivity contribution in [3.8, 4) is 0 Å².